The van der Waals surface area contributed by atoms with Crippen molar-refractivity contribution in [3.8, 4) is 0 Å². The van der Waals surface area contributed by atoms with Crippen LogP contribution < -0.4 is 10.6 Å². The Morgan fingerprint density at radius 1 is 1.29 bits per heavy atom. The van der Waals surface area contributed by atoms with Gasteiger partial charge in [0.05, 0.1) is 12.9 Å². The summed E-state index contributed by atoms with van der Waals surface area (Å²) in [6.45, 7) is 5.21. The van der Waals surface area contributed by atoms with Crippen molar-refractivity contribution in [2.24, 2.45) is 10.9 Å². The summed E-state index contributed by atoms with van der Waals surface area (Å²) in [5.41, 5.74) is 0. The van der Waals surface area contributed by atoms with Crippen LogP contribution >= 0.6 is 11.3 Å². The first-order valence-electron chi connectivity index (χ1n) is 8.34. The zero-order valence-electron chi connectivity index (χ0n) is 14.5. The van der Waals surface area contributed by atoms with Gasteiger partial charge in [-0.25, -0.2) is 0 Å². The first-order chi connectivity index (χ1) is 11.8. The van der Waals surface area contributed by atoms with Crippen molar-refractivity contribution in [1.82, 2.24) is 10.6 Å². The molecular formula is C18H27N3O2S. The molecule has 2 heterocycles. The molecule has 1 atom stereocenters. The summed E-state index contributed by atoms with van der Waals surface area (Å²) in [6, 6.07) is 8.18. The smallest absolute Gasteiger partial charge is 0.191 e. The minimum absolute atomic E-state index is 0.509. The molecule has 2 aromatic rings. The van der Waals surface area contributed by atoms with Gasteiger partial charge in [0.15, 0.2) is 5.96 Å². The molecule has 2 rings (SSSR count). The van der Waals surface area contributed by atoms with Gasteiger partial charge in [0, 0.05) is 38.0 Å². The van der Waals surface area contributed by atoms with Crippen molar-refractivity contribution in [2.45, 2.75) is 19.8 Å². The maximum atomic E-state index is 5.35. The molecule has 132 valence electrons. The first kappa shape index (κ1) is 18.5. The quantitative estimate of drug-likeness (QED) is 0.393. The van der Waals surface area contributed by atoms with Crippen molar-refractivity contribution in [3.63, 3.8) is 0 Å². The molecule has 0 radical (unpaired) electrons. The molecule has 1 unspecified atom stereocenters. The van der Waals surface area contributed by atoms with Crippen LogP contribution in [0.3, 0.4) is 0 Å². The van der Waals surface area contributed by atoms with Gasteiger partial charge in [-0.3, -0.25) is 4.99 Å². The number of ether oxygens (including phenoxy) is 1. The van der Waals surface area contributed by atoms with E-state index in [1.165, 1.54) is 4.88 Å². The Kier molecular flexibility index (Phi) is 8.41. The van der Waals surface area contributed by atoms with Crippen LogP contribution in [0.5, 0.6) is 0 Å². The van der Waals surface area contributed by atoms with Crippen LogP contribution in [-0.2, 0) is 17.6 Å². The van der Waals surface area contributed by atoms with Crippen LogP contribution in [0.1, 0.15) is 17.6 Å². The van der Waals surface area contributed by atoms with Gasteiger partial charge >= 0.3 is 0 Å². The van der Waals surface area contributed by atoms with Crippen molar-refractivity contribution in [1.29, 1.82) is 0 Å². The second-order valence-corrected chi connectivity index (χ2v) is 6.79. The number of methoxy groups -OCH3 is 1. The lowest BCUT2D eigenvalue weighted by atomic mass is 10.1. The van der Waals surface area contributed by atoms with E-state index in [2.05, 4.69) is 35.1 Å². The summed E-state index contributed by atoms with van der Waals surface area (Å²) in [7, 11) is 1.70. The standard InChI is InChI=1S/C18H27N3O2S/c1-15(13-17-6-4-12-24-17)14-21-18(20-9-11-22-2)19-8-7-16-5-3-10-23-16/h3-6,10,12,15H,7-9,11,13-14H2,1-2H3,(H2,19,20,21). The molecule has 2 N–H and O–H groups in total. The molecule has 0 fully saturated rings. The molecule has 0 spiro atoms. The van der Waals surface area contributed by atoms with Crippen molar-refractivity contribution in [3.05, 3.63) is 46.5 Å². The Bertz CT molecular complexity index is 567. The fourth-order valence-electron chi connectivity index (χ4n) is 2.29. The number of hydrogen-bond acceptors (Lipinski definition) is 4. The molecular weight excluding hydrogens is 322 g/mol. The van der Waals surface area contributed by atoms with E-state index in [9.17, 15) is 0 Å². The van der Waals surface area contributed by atoms with E-state index in [0.29, 0.717) is 12.5 Å². The average molecular weight is 350 g/mol. The van der Waals surface area contributed by atoms with Crippen LogP contribution in [0.4, 0.5) is 0 Å². The Labute approximate surface area is 148 Å². The molecule has 0 amide bonds. The predicted octanol–water partition coefficient (Wildman–Crippen LogP) is 2.94. The highest BCUT2D eigenvalue weighted by Gasteiger charge is 2.06. The third-order valence-corrected chi connectivity index (χ3v) is 4.43. The van der Waals surface area contributed by atoms with E-state index in [-0.39, 0.29) is 0 Å². The number of thiophene rings is 1. The second kappa shape index (κ2) is 10.9. The summed E-state index contributed by atoms with van der Waals surface area (Å²) in [4.78, 5) is 6.12. The number of aliphatic imine (C=N–C) groups is 1. The molecule has 0 aliphatic rings. The summed E-state index contributed by atoms with van der Waals surface area (Å²) < 4.78 is 10.4. The monoisotopic (exact) mass is 349 g/mol. The SMILES string of the molecule is COCCNC(=NCC(C)Cc1cccs1)NCCc1ccco1. The fraction of sp³-hybridized carbons (Fsp3) is 0.500. The Hall–Kier alpha value is -1.79. The summed E-state index contributed by atoms with van der Waals surface area (Å²) in [6.07, 6.45) is 3.61. The van der Waals surface area contributed by atoms with E-state index in [1.807, 2.05) is 23.5 Å². The third kappa shape index (κ3) is 7.19. The number of furan rings is 1. The van der Waals surface area contributed by atoms with Gasteiger partial charge in [-0.15, -0.1) is 11.3 Å². The summed E-state index contributed by atoms with van der Waals surface area (Å²) in [5, 5.41) is 8.78. The summed E-state index contributed by atoms with van der Waals surface area (Å²) in [5.74, 6) is 2.32. The van der Waals surface area contributed by atoms with E-state index >= 15 is 0 Å². The zero-order valence-corrected chi connectivity index (χ0v) is 15.3. The molecule has 6 heteroatoms. The van der Waals surface area contributed by atoms with Gasteiger partial charge in [0.2, 0.25) is 0 Å². The molecule has 0 saturated heterocycles. The molecule has 0 aliphatic heterocycles. The Morgan fingerprint density at radius 3 is 2.88 bits per heavy atom. The minimum atomic E-state index is 0.509. The Morgan fingerprint density at radius 2 is 2.17 bits per heavy atom. The van der Waals surface area contributed by atoms with E-state index in [4.69, 9.17) is 14.1 Å². The highest BCUT2D eigenvalue weighted by atomic mass is 32.1. The van der Waals surface area contributed by atoms with E-state index < -0.39 is 0 Å². The van der Waals surface area contributed by atoms with E-state index in [0.717, 1.165) is 44.2 Å². The minimum Gasteiger partial charge on any atom is -0.469 e. The van der Waals surface area contributed by atoms with Crippen molar-refractivity contribution >= 4 is 17.3 Å². The molecule has 5 nitrogen and oxygen atoms in total. The fourth-order valence-corrected chi connectivity index (χ4v) is 3.16. The molecule has 0 bridgehead atoms. The van der Waals surface area contributed by atoms with Crippen molar-refractivity contribution < 1.29 is 9.15 Å². The zero-order chi connectivity index (χ0) is 17.0. The molecule has 2 aromatic heterocycles. The topological polar surface area (TPSA) is 58.8 Å². The number of hydrogen-bond donors (Lipinski definition) is 2. The maximum Gasteiger partial charge on any atom is 0.191 e. The van der Waals surface area contributed by atoms with Gasteiger partial charge in [0.25, 0.3) is 0 Å². The third-order valence-electron chi connectivity index (χ3n) is 3.53. The van der Waals surface area contributed by atoms with Crippen LogP contribution in [0.15, 0.2) is 45.3 Å². The number of nitrogens with one attached hydrogen (secondary N) is 2. The predicted molar refractivity (Wildman–Crippen MR) is 99.8 cm³/mol. The molecule has 24 heavy (non-hydrogen) atoms. The van der Waals surface area contributed by atoms with Gasteiger partial charge in [-0.05, 0) is 35.9 Å². The first-order valence-corrected chi connectivity index (χ1v) is 9.21. The summed E-state index contributed by atoms with van der Waals surface area (Å²) >= 11 is 1.81. The van der Waals surface area contributed by atoms with Gasteiger partial charge in [-0.1, -0.05) is 13.0 Å². The lowest BCUT2D eigenvalue weighted by Crippen LogP contribution is -2.40. The largest absolute Gasteiger partial charge is 0.469 e. The van der Waals surface area contributed by atoms with E-state index in [1.54, 1.807) is 13.4 Å². The molecule has 0 aliphatic carbocycles. The average Bonchev–Trinajstić information content (AvgIpc) is 3.26. The van der Waals surface area contributed by atoms with Gasteiger partial charge in [0.1, 0.15) is 5.76 Å². The molecule has 0 saturated carbocycles. The lowest BCUT2D eigenvalue weighted by Gasteiger charge is -2.13. The normalized spacial score (nSPS) is 13.0. The van der Waals surface area contributed by atoms with Crippen LogP contribution in [-0.4, -0.2) is 39.3 Å². The van der Waals surface area contributed by atoms with Crippen LogP contribution in [0, 0.1) is 5.92 Å². The van der Waals surface area contributed by atoms with Crippen molar-refractivity contribution in [2.75, 3.05) is 33.4 Å². The van der Waals surface area contributed by atoms with Gasteiger partial charge in [-0.2, -0.15) is 0 Å². The Balaban J connectivity index is 1.78. The number of guanidine groups is 1. The second-order valence-electron chi connectivity index (χ2n) is 5.75. The van der Waals surface area contributed by atoms with Gasteiger partial charge < -0.3 is 19.8 Å². The van der Waals surface area contributed by atoms with Crippen LogP contribution in [0.25, 0.3) is 0 Å². The lowest BCUT2D eigenvalue weighted by molar-refractivity contribution is 0.203. The van der Waals surface area contributed by atoms with Crippen LogP contribution in [0.2, 0.25) is 0 Å². The number of nitrogens with zero attached hydrogens (tertiary/aromatic N) is 1. The molecule has 0 aromatic carbocycles. The maximum absolute atomic E-state index is 5.35. The highest BCUT2D eigenvalue weighted by Crippen LogP contribution is 2.14. The number of rotatable bonds is 10. The highest BCUT2D eigenvalue weighted by molar-refractivity contribution is 7.09.